The molecule has 0 aromatic heterocycles. The molecule has 1 aromatic carbocycles. The number of rotatable bonds is 7. The van der Waals surface area contributed by atoms with Crippen molar-refractivity contribution in [1.29, 1.82) is 0 Å². The summed E-state index contributed by atoms with van der Waals surface area (Å²) in [5.41, 5.74) is 0.241. The van der Waals surface area contributed by atoms with Crippen molar-refractivity contribution in [2.75, 3.05) is 20.8 Å². The molecule has 7 heteroatoms. The van der Waals surface area contributed by atoms with E-state index in [9.17, 15) is 14.4 Å². The molecule has 0 saturated carbocycles. The number of Topliss-reactive ketones (excluding diaryl/α,β-unsaturated/α-hetero) is 1. The number of esters is 1. The number of amides is 1. The summed E-state index contributed by atoms with van der Waals surface area (Å²) in [6, 6.07) is 4.61. The molecule has 114 valence electrons. The van der Waals surface area contributed by atoms with Gasteiger partial charge in [-0.05, 0) is 18.2 Å². The van der Waals surface area contributed by atoms with Gasteiger partial charge < -0.3 is 14.8 Å². The Labute approximate surface area is 127 Å². The topological polar surface area (TPSA) is 81.7 Å². The lowest BCUT2D eigenvalue weighted by Gasteiger charge is -2.09. The first kappa shape index (κ1) is 17.0. The Morgan fingerprint density at radius 3 is 2.52 bits per heavy atom. The lowest BCUT2D eigenvalue weighted by Crippen LogP contribution is -2.30. The van der Waals surface area contributed by atoms with Crippen LogP contribution in [0, 0.1) is 0 Å². The van der Waals surface area contributed by atoms with Crippen LogP contribution in [0.1, 0.15) is 23.2 Å². The normalized spacial score (nSPS) is 9.86. The minimum absolute atomic E-state index is 0.00824. The average Bonchev–Trinajstić information content (AvgIpc) is 2.49. The third-order valence-electron chi connectivity index (χ3n) is 2.69. The Bertz CT molecular complexity index is 544. The SMILES string of the molecule is COC(=O)CCC(=O)CNC(=O)c1cc(Cl)ccc1OC. The third kappa shape index (κ3) is 5.43. The van der Waals surface area contributed by atoms with E-state index in [1.54, 1.807) is 12.1 Å². The Morgan fingerprint density at radius 2 is 1.90 bits per heavy atom. The maximum absolute atomic E-state index is 12.0. The molecular weight excluding hydrogens is 298 g/mol. The molecule has 0 heterocycles. The quantitative estimate of drug-likeness (QED) is 0.773. The second-order valence-electron chi connectivity index (χ2n) is 4.14. The molecule has 0 bridgehead atoms. The van der Waals surface area contributed by atoms with Crippen LogP contribution in [0.15, 0.2) is 18.2 Å². The van der Waals surface area contributed by atoms with E-state index in [2.05, 4.69) is 10.1 Å². The number of methoxy groups -OCH3 is 2. The number of halogens is 1. The van der Waals surface area contributed by atoms with Gasteiger partial charge in [-0.15, -0.1) is 0 Å². The number of benzene rings is 1. The molecule has 0 aliphatic carbocycles. The van der Waals surface area contributed by atoms with Gasteiger partial charge >= 0.3 is 5.97 Å². The van der Waals surface area contributed by atoms with E-state index in [-0.39, 0.29) is 30.7 Å². The number of carbonyl (C=O) groups is 3. The van der Waals surface area contributed by atoms with E-state index in [4.69, 9.17) is 16.3 Å². The van der Waals surface area contributed by atoms with Gasteiger partial charge in [0.25, 0.3) is 5.91 Å². The van der Waals surface area contributed by atoms with Gasteiger partial charge in [0, 0.05) is 11.4 Å². The zero-order valence-corrected chi connectivity index (χ0v) is 12.5. The standard InChI is InChI=1S/C14H16ClNO5/c1-20-12-5-3-9(15)7-11(12)14(19)16-8-10(17)4-6-13(18)21-2/h3,5,7H,4,6,8H2,1-2H3,(H,16,19). The van der Waals surface area contributed by atoms with Gasteiger partial charge in [0.05, 0.1) is 32.7 Å². The van der Waals surface area contributed by atoms with Crippen molar-refractivity contribution in [2.24, 2.45) is 0 Å². The molecule has 0 radical (unpaired) electrons. The van der Waals surface area contributed by atoms with Crippen molar-refractivity contribution in [3.05, 3.63) is 28.8 Å². The van der Waals surface area contributed by atoms with Crippen molar-refractivity contribution >= 4 is 29.3 Å². The van der Waals surface area contributed by atoms with Crippen LogP contribution in [0.5, 0.6) is 5.75 Å². The monoisotopic (exact) mass is 313 g/mol. The fourth-order valence-electron chi connectivity index (χ4n) is 1.56. The van der Waals surface area contributed by atoms with Gasteiger partial charge in [0.1, 0.15) is 5.75 Å². The first-order chi connectivity index (χ1) is 9.97. The predicted molar refractivity (Wildman–Crippen MR) is 76.6 cm³/mol. The smallest absolute Gasteiger partial charge is 0.305 e. The van der Waals surface area contributed by atoms with Gasteiger partial charge in [0.2, 0.25) is 0 Å². The number of ketones is 1. The second-order valence-corrected chi connectivity index (χ2v) is 4.58. The lowest BCUT2D eigenvalue weighted by atomic mass is 10.1. The van der Waals surface area contributed by atoms with Crippen LogP contribution in [0.4, 0.5) is 0 Å². The fraction of sp³-hybridized carbons (Fsp3) is 0.357. The highest BCUT2D eigenvalue weighted by molar-refractivity contribution is 6.31. The number of ether oxygens (including phenoxy) is 2. The van der Waals surface area contributed by atoms with E-state index in [1.165, 1.54) is 20.3 Å². The Morgan fingerprint density at radius 1 is 1.19 bits per heavy atom. The molecule has 1 rings (SSSR count). The fourth-order valence-corrected chi connectivity index (χ4v) is 1.74. The van der Waals surface area contributed by atoms with Crippen LogP contribution < -0.4 is 10.1 Å². The number of hydrogen-bond acceptors (Lipinski definition) is 5. The lowest BCUT2D eigenvalue weighted by molar-refractivity contribution is -0.141. The van der Waals surface area contributed by atoms with E-state index < -0.39 is 11.9 Å². The number of hydrogen-bond donors (Lipinski definition) is 1. The zero-order valence-electron chi connectivity index (χ0n) is 11.8. The molecule has 0 saturated heterocycles. The minimum atomic E-state index is -0.472. The summed E-state index contributed by atoms with van der Waals surface area (Å²) in [6.45, 7) is -0.175. The Hall–Kier alpha value is -2.08. The van der Waals surface area contributed by atoms with Crippen LogP contribution in [0.3, 0.4) is 0 Å². The maximum atomic E-state index is 12.0. The molecule has 6 nitrogen and oxygen atoms in total. The first-order valence-electron chi connectivity index (χ1n) is 6.18. The number of nitrogens with one attached hydrogen (secondary N) is 1. The molecular formula is C14H16ClNO5. The van der Waals surface area contributed by atoms with E-state index in [1.807, 2.05) is 0 Å². The summed E-state index contributed by atoms with van der Waals surface area (Å²) < 4.78 is 9.49. The van der Waals surface area contributed by atoms with Gasteiger partial charge in [-0.3, -0.25) is 14.4 Å². The summed E-state index contributed by atoms with van der Waals surface area (Å²) in [4.78, 5) is 34.4. The third-order valence-corrected chi connectivity index (χ3v) is 2.92. The minimum Gasteiger partial charge on any atom is -0.496 e. The molecule has 21 heavy (non-hydrogen) atoms. The van der Waals surface area contributed by atoms with E-state index in [0.29, 0.717) is 10.8 Å². The highest BCUT2D eigenvalue weighted by Gasteiger charge is 2.14. The molecule has 1 aromatic rings. The molecule has 1 amide bonds. The van der Waals surface area contributed by atoms with E-state index >= 15 is 0 Å². The van der Waals surface area contributed by atoms with Crippen molar-refractivity contribution in [3.8, 4) is 5.75 Å². The Balaban J connectivity index is 2.56. The molecule has 0 spiro atoms. The summed E-state index contributed by atoms with van der Waals surface area (Å²) in [6.07, 6.45) is 0.00528. The zero-order chi connectivity index (χ0) is 15.8. The summed E-state index contributed by atoms with van der Waals surface area (Å²) in [5.74, 6) is -0.847. The van der Waals surface area contributed by atoms with Crippen LogP contribution >= 0.6 is 11.6 Å². The number of carbonyl (C=O) groups excluding carboxylic acids is 3. The summed E-state index contributed by atoms with van der Waals surface area (Å²) >= 11 is 5.83. The van der Waals surface area contributed by atoms with Crippen LogP contribution in [0.25, 0.3) is 0 Å². The highest BCUT2D eigenvalue weighted by Crippen LogP contribution is 2.22. The van der Waals surface area contributed by atoms with Crippen LogP contribution in [-0.4, -0.2) is 38.4 Å². The van der Waals surface area contributed by atoms with Gasteiger partial charge in [0.15, 0.2) is 5.78 Å². The largest absolute Gasteiger partial charge is 0.496 e. The van der Waals surface area contributed by atoms with Crippen molar-refractivity contribution in [1.82, 2.24) is 5.32 Å². The van der Waals surface area contributed by atoms with Gasteiger partial charge in [-0.2, -0.15) is 0 Å². The molecule has 0 aliphatic rings. The van der Waals surface area contributed by atoms with Crippen LogP contribution in [0.2, 0.25) is 5.02 Å². The van der Waals surface area contributed by atoms with Crippen molar-refractivity contribution < 1.29 is 23.9 Å². The molecule has 0 atom stereocenters. The Kier molecular flexibility index (Phi) is 6.68. The summed E-state index contributed by atoms with van der Waals surface area (Å²) in [7, 11) is 2.68. The van der Waals surface area contributed by atoms with Gasteiger partial charge in [-0.1, -0.05) is 11.6 Å². The van der Waals surface area contributed by atoms with Crippen LogP contribution in [-0.2, 0) is 14.3 Å². The molecule has 1 N–H and O–H groups in total. The molecule has 0 unspecified atom stereocenters. The summed E-state index contributed by atoms with van der Waals surface area (Å²) in [5, 5.41) is 2.85. The maximum Gasteiger partial charge on any atom is 0.305 e. The first-order valence-corrected chi connectivity index (χ1v) is 6.56. The van der Waals surface area contributed by atoms with E-state index in [0.717, 1.165) is 0 Å². The molecule has 0 fully saturated rings. The molecule has 0 aliphatic heterocycles. The van der Waals surface area contributed by atoms with Crippen molar-refractivity contribution in [2.45, 2.75) is 12.8 Å². The highest BCUT2D eigenvalue weighted by atomic mass is 35.5. The second kappa shape index (κ2) is 8.26. The van der Waals surface area contributed by atoms with Crippen molar-refractivity contribution in [3.63, 3.8) is 0 Å². The predicted octanol–water partition coefficient (Wildman–Crippen LogP) is 1.60. The average molecular weight is 314 g/mol. The van der Waals surface area contributed by atoms with Gasteiger partial charge in [-0.25, -0.2) is 0 Å².